The Kier molecular flexibility index (Phi) is 2.50. The van der Waals surface area contributed by atoms with Crippen molar-refractivity contribution in [2.45, 2.75) is 45.1 Å². The first-order valence-corrected chi connectivity index (χ1v) is 5.42. The smallest absolute Gasteiger partial charge is 0.354 e. The van der Waals surface area contributed by atoms with Gasteiger partial charge in [0.1, 0.15) is 5.69 Å². The molecule has 1 aliphatic carbocycles. The van der Waals surface area contributed by atoms with E-state index >= 15 is 0 Å². The van der Waals surface area contributed by atoms with Gasteiger partial charge in [-0.05, 0) is 32.8 Å². The second-order valence-electron chi connectivity index (χ2n) is 4.43. The van der Waals surface area contributed by atoms with E-state index in [1.165, 1.54) is 6.42 Å². The largest absolute Gasteiger partial charge is 0.477 e. The zero-order valence-corrected chi connectivity index (χ0v) is 9.10. The molecular weight excluding hydrogens is 192 g/mol. The number of aromatic carboxylic acids is 1. The van der Waals surface area contributed by atoms with Crippen LogP contribution in [0.5, 0.6) is 0 Å². The highest BCUT2D eigenvalue weighted by atomic mass is 16.4. The van der Waals surface area contributed by atoms with E-state index in [-0.39, 0.29) is 6.04 Å². The average molecular weight is 208 g/mol. The van der Waals surface area contributed by atoms with E-state index in [4.69, 9.17) is 5.11 Å². The highest BCUT2D eigenvalue weighted by molar-refractivity contribution is 5.85. The molecule has 0 radical (unpaired) electrons. The van der Waals surface area contributed by atoms with Crippen molar-refractivity contribution in [1.29, 1.82) is 0 Å². The van der Waals surface area contributed by atoms with E-state index in [9.17, 15) is 4.79 Å². The lowest BCUT2D eigenvalue weighted by Gasteiger charge is -2.23. The van der Waals surface area contributed by atoms with E-state index in [0.29, 0.717) is 11.6 Å². The fraction of sp³-hybridized carbons (Fsp3) is 0.636. The summed E-state index contributed by atoms with van der Waals surface area (Å²) >= 11 is 0. The van der Waals surface area contributed by atoms with Gasteiger partial charge in [-0.3, -0.25) is 4.68 Å². The molecule has 1 aromatic rings. The zero-order chi connectivity index (χ0) is 11.0. The van der Waals surface area contributed by atoms with Gasteiger partial charge in [0.15, 0.2) is 0 Å². The van der Waals surface area contributed by atoms with Crippen LogP contribution in [0.2, 0.25) is 0 Å². The molecule has 1 fully saturated rings. The van der Waals surface area contributed by atoms with Gasteiger partial charge < -0.3 is 5.11 Å². The number of rotatable bonds is 3. The predicted octanol–water partition coefficient (Wildman–Crippen LogP) is 2.43. The molecule has 1 N–H and O–H groups in total. The molecule has 1 aliphatic rings. The Labute approximate surface area is 88.9 Å². The summed E-state index contributed by atoms with van der Waals surface area (Å²) in [7, 11) is 0. The third-order valence-corrected chi connectivity index (χ3v) is 2.99. The summed E-state index contributed by atoms with van der Waals surface area (Å²) in [5.74, 6) is -0.398. The SMILES string of the molecule is CC(C)n1nc(C2CCC2)cc1C(=O)O. The van der Waals surface area contributed by atoms with Crippen LogP contribution < -0.4 is 0 Å². The fourth-order valence-corrected chi connectivity index (χ4v) is 1.87. The molecule has 0 atom stereocenters. The second-order valence-corrected chi connectivity index (χ2v) is 4.43. The third-order valence-electron chi connectivity index (χ3n) is 2.99. The molecule has 0 aliphatic heterocycles. The number of aromatic nitrogens is 2. The Balaban J connectivity index is 2.34. The second kappa shape index (κ2) is 3.68. The minimum atomic E-state index is -0.887. The summed E-state index contributed by atoms with van der Waals surface area (Å²) in [6, 6.07) is 1.83. The van der Waals surface area contributed by atoms with E-state index in [2.05, 4.69) is 5.10 Å². The van der Waals surface area contributed by atoms with Crippen molar-refractivity contribution in [1.82, 2.24) is 9.78 Å². The first-order valence-electron chi connectivity index (χ1n) is 5.42. The Morgan fingerprint density at radius 1 is 1.60 bits per heavy atom. The van der Waals surface area contributed by atoms with Gasteiger partial charge >= 0.3 is 5.97 Å². The number of carboxylic acids is 1. The Morgan fingerprint density at radius 2 is 2.27 bits per heavy atom. The summed E-state index contributed by atoms with van der Waals surface area (Å²) in [6.45, 7) is 3.90. The fourth-order valence-electron chi connectivity index (χ4n) is 1.87. The standard InChI is InChI=1S/C11H16N2O2/c1-7(2)13-10(11(14)15)6-9(12-13)8-4-3-5-8/h6-8H,3-5H2,1-2H3,(H,14,15). The van der Waals surface area contributed by atoms with Crippen molar-refractivity contribution in [2.24, 2.45) is 0 Å². The number of carbonyl (C=O) groups is 1. The maximum atomic E-state index is 11.0. The third kappa shape index (κ3) is 1.76. The monoisotopic (exact) mass is 208 g/mol. The summed E-state index contributed by atoms with van der Waals surface area (Å²) in [5, 5.41) is 13.4. The average Bonchev–Trinajstić information content (AvgIpc) is 2.45. The van der Waals surface area contributed by atoms with Gasteiger partial charge in [-0.25, -0.2) is 4.79 Å². The van der Waals surface area contributed by atoms with Crippen LogP contribution in [0.25, 0.3) is 0 Å². The molecule has 15 heavy (non-hydrogen) atoms. The van der Waals surface area contributed by atoms with Gasteiger partial charge in [0.2, 0.25) is 0 Å². The summed E-state index contributed by atoms with van der Waals surface area (Å²) in [4.78, 5) is 11.0. The van der Waals surface area contributed by atoms with E-state index < -0.39 is 5.97 Å². The zero-order valence-electron chi connectivity index (χ0n) is 9.10. The number of hydrogen-bond acceptors (Lipinski definition) is 2. The molecule has 0 bridgehead atoms. The van der Waals surface area contributed by atoms with Gasteiger partial charge in [-0.2, -0.15) is 5.10 Å². The van der Waals surface area contributed by atoms with Crippen molar-refractivity contribution in [3.05, 3.63) is 17.5 Å². The molecule has 4 heteroatoms. The molecule has 0 aromatic carbocycles. The van der Waals surface area contributed by atoms with Gasteiger partial charge in [0, 0.05) is 12.0 Å². The number of hydrogen-bond donors (Lipinski definition) is 1. The molecule has 1 heterocycles. The van der Waals surface area contributed by atoms with Crippen molar-refractivity contribution in [3.63, 3.8) is 0 Å². The molecule has 1 saturated carbocycles. The van der Waals surface area contributed by atoms with Crippen LogP contribution in [0.15, 0.2) is 6.07 Å². The summed E-state index contributed by atoms with van der Waals surface area (Å²) in [5.41, 5.74) is 1.26. The predicted molar refractivity (Wildman–Crippen MR) is 56.2 cm³/mol. The topological polar surface area (TPSA) is 55.1 Å². The van der Waals surface area contributed by atoms with Crippen LogP contribution in [-0.4, -0.2) is 20.9 Å². The number of carboxylic acid groups (broad SMARTS) is 1. The van der Waals surface area contributed by atoms with Crippen molar-refractivity contribution in [3.8, 4) is 0 Å². The molecule has 0 saturated heterocycles. The Morgan fingerprint density at radius 3 is 2.60 bits per heavy atom. The lowest BCUT2D eigenvalue weighted by atomic mass is 9.83. The van der Waals surface area contributed by atoms with E-state index in [0.717, 1.165) is 18.5 Å². The quantitative estimate of drug-likeness (QED) is 0.830. The first-order chi connectivity index (χ1) is 7.09. The minimum Gasteiger partial charge on any atom is -0.477 e. The molecule has 4 nitrogen and oxygen atoms in total. The maximum absolute atomic E-state index is 11.0. The van der Waals surface area contributed by atoms with Crippen molar-refractivity contribution >= 4 is 5.97 Å². The normalized spacial score (nSPS) is 16.7. The van der Waals surface area contributed by atoms with Gasteiger partial charge in [0.05, 0.1) is 5.69 Å². The van der Waals surface area contributed by atoms with Crippen LogP contribution in [0.3, 0.4) is 0 Å². The van der Waals surface area contributed by atoms with Crippen molar-refractivity contribution < 1.29 is 9.90 Å². The lowest BCUT2D eigenvalue weighted by molar-refractivity contribution is 0.0681. The molecule has 82 valence electrons. The lowest BCUT2D eigenvalue weighted by Crippen LogP contribution is -2.13. The Hall–Kier alpha value is -1.32. The molecule has 0 spiro atoms. The Bertz CT molecular complexity index is 378. The van der Waals surface area contributed by atoms with Crippen LogP contribution in [0.1, 0.15) is 61.3 Å². The van der Waals surface area contributed by atoms with E-state index in [1.807, 2.05) is 13.8 Å². The summed E-state index contributed by atoms with van der Waals surface area (Å²) < 4.78 is 1.61. The molecule has 2 rings (SSSR count). The van der Waals surface area contributed by atoms with Crippen LogP contribution in [0.4, 0.5) is 0 Å². The van der Waals surface area contributed by atoms with Gasteiger partial charge in [0.25, 0.3) is 0 Å². The van der Waals surface area contributed by atoms with Crippen LogP contribution in [0, 0.1) is 0 Å². The maximum Gasteiger partial charge on any atom is 0.354 e. The number of nitrogens with zero attached hydrogens (tertiary/aromatic N) is 2. The molecule has 0 amide bonds. The summed E-state index contributed by atoms with van der Waals surface area (Å²) in [6.07, 6.45) is 3.53. The van der Waals surface area contributed by atoms with Crippen LogP contribution >= 0.6 is 0 Å². The highest BCUT2D eigenvalue weighted by Crippen LogP contribution is 2.36. The molecule has 0 unspecified atom stereocenters. The first kappa shape index (κ1) is 10.2. The minimum absolute atomic E-state index is 0.102. The van der Waals surface area contributed by atoms with Crippen LogP contribution in [-0.2, 0) is 0 Å². The highest BCUT2D eigenvalue weighted by Gasteiger charge is 2.25. The molecular formula is C11H16N2O2. The van der Waals surface area contributed by atoms with Crippen molar-refractivity contribution in [2.75, 3.05) is 0 Å². The molecule has 1 aromatic heterocycles. The van der Waals surface area contributed by atoms with Gasteiger partial charge in [-0.1, -0.05) is 6.42 Å². The van der Waals surface area contributed by atoms with E-state index in [1.54, 1.807) is 10.7 Å². The van der Waals surface area contributed by atoms with Gasteiger partial charge in [-0.15, -0.1) is 0 Å².